The second-order valence-electron chi connectivity index (χ2n) is 4.59. The van der Waals surface area contributed by atoms with Crippen LogP contribution in [0.5, 0.6) is 0 Å². The largest absolute Gasteiger partial charge is 0.445 e. The maximum absolute atomic E-state index is 5.71. The Balaban J connectivity index is 2.00. The summed E-state index contributed by atoms with van der Waals surface area (Å²) in [6.45, 7) is 4.17. The fourth-order valence-corrected chi connectivity index (χ4v) is 2.06. The predicted molar refractivity (Wildman–Crippen MR) is 58.7 cm³/mol. The van der Waals surface area contributed by atoms with Crippen LogP contribution in [0, 0.1) is 0 Å². The molecule has 2 unspecified atom stereocenters. The first kappa shape index (κ1) is 10.6. The van der Waals surface area contributed by atoms with Crippen molar-refractivity contribution in [3.05, 3.63) is 17.8 Å². The molecule has 2 N–H and O–H groups in total. The summed E-state index contributed by atoms with van der Waals surface area (Å²) in [5.74, 6) is 2.27. The van der Waals surface area contributed by atoms with E-state index in [1.165, 1.54) is 0 Å². The monoisotopic (exact) mass is 209 g/mol. The summed E-state index contributed by atoms with van der Waals surface area (Å²) in [6, 6.07) is 0.136. The van der Waals surface area contributed by atoms with E-state index in [2.05, 4.69) is 16.9 Å². The molecule has 84 valence electrons. The van der Waals surface area contributed by atoms with E-state index in [-0.39, 0.29) is 6.04 Å². The van der Waals surface area contributed by atoms with Crippen LogP contribution in [-0.4, -0.2) is 36.1 Å². The minimum absolute atomic E-state index is 0.136. The first-order chi connectivity index (χ1) is 7.15. The molecule has 4 heteroatoms. The Labute approximate surface area is 90.5 Å². The van der Waals surface area contributed by atoms with Crippen LogP contribution in [0.25, 0.3) is 0 Å². The van der Waals surface area contributed by atoms with Crippen LogP contribution in [0.3, 0.4) is 0 Å². The topological polar surface area (TPSA) is 55.3 Å². The van der Waals surface area contributed by atoms with Crippen LogP contribution in [0.2, 0.25) is 0 Å². The Hall–Kier alpha value is -0.870. The molecule has 1 aliphatic rings. The van der Waals surface area contributed by atoms with E-state index in [1.54, 1.807) is 0 Å². The van der Waals surface area contributed by atoms with Gasteiger partial charge in [0.25, 0.3) is 0 Å². The van der Waals surface area contributed by atoms with E-state index in [0.29, 0.717) is 5.92 Å². The van der Waals surface area contributed by atoms with Gasteiger partial charge in [0.1, 0.15) is 5.76 Å². The minimum Gasteiger partial charge on any atom is -0.445 e. The average Bonchev–Trinajstić information content (AvgIpc) is 2.72. The SMILES string of the molecule is CC(N)Cc1cnc(C2CCN(C)C2)o1. The third-order valence-corrected chi connectivity index (χ3v) is 2.84. The van der Waals surface area contributed by atoms with Gasteiger partial charge in [-0.05, 0) is 26.9 Å². The first-order valence-electron chi connectivity index (χ1n) is 5.54. The van der Waals surface area contributed by atoms with E-state index in [9.17, 15) is 0 Å². The molecule has 0 aromatic carbocycles. The van der Waals surface area contributed by atoms with Crippen LogP contribution in [-0.2, 0) is 6.42 Å². The van der Waals surface area contributed by atoms with Crippen molar-refractivity contribution >= 4 is 0 Å². The van der Waals surface area contributed by atoms with Crippen molar-refractivity contribution in [1.82, 2.24) is 9.88 Å². The highest BCUT2D eigenvalue weighted by molar-refractivity contribution is 5.03. The maximum Gasteiger partial charge on any atom is 0.198 e. The molecule has 4 nitrogen and oxygen atoms in total. The molecule has 1 aromatic rings. The quantitative estimate of drug-likeness (QED) is 0.806. The van der Waals surface area contributed by atoms with Crippen LogP contribution < -0.4 is 5.73 Å². The van der Waals surface area contributed by atoms with Crippen LogP contribution >= 0.6 is 0 Å². The van der Waals surface area contributed by atoms with Crippen molar-refractivity contribution < 1.29 is 4.42 Å². The van der Waals surface area contributed by atoms with Gasteiger partial charge in [-0.2, -0.15) is 0 Å². The van der Waals surface area contributed by atoms with Gasteiger partial charge in [0, 0.05) is 24.9 Å². The summed E-state index contributed by atoms with van der Waals surface area (Å²) in [5.41, 5.74) is 5.71. The number of nitrogens with two attached hydrogens (primary N) is 1. The lowest BCUT2D eigenvalue weighted by molar-refractivity contribution is 0.381. The lowest BCUT2D eigenvalue weighted by Gasteiger charge is -2.06. The fourth-order valence-electron chi connectivity index (χ4n) is 2.06. The van der Waals surface area contributed by atoms with Gasteiger partial charge < -0.3 is 15.1 Å². The molecule has 1 aromatic heterocycles. The zero-order valence-electron chi connectivity index (χ0n) is 9.44. The first-order valence-corrected chi connectivity index (χ1v) is 5.54. The zero-order valence-corrected chi connectivity index (χ0v) is 9.44. The zero-order chi connectivity index (χ0) is 10.8. The Morgan fingerprint density at radius 1 is 1.73 bits per heavy atom. The lowest BCUT2D eigenvalue weighted by atomic mass is 10.1. The summed E-state index contributed by atoms with van der Waals surface area (Å²) in [7, 11) is 2.13. The fraction of sp³-hybridized carbons (Fsp3) is 0.727. The molecule has 2 rings (SSSR count). The van der Waals surface area contributed by atoms with Crippen molar-refractivity contribution in [3.63, 3.8) is 0 Å². The highest BCUT2D eigenvalue weighted by Crippen LogP contribution is 2.25. The van der Waals surface area contributed by atoms with E-state index in [1.807, 2.05) is 13.1 Å². The summed E-state index contributed by atoms with van der Waals surface area (Å²) in [4.78, 5) is 6.64. The molecule has 2 atom stereocenters. The number of hydrogen-bond acceptors (Lipinski definition) is 4. The highest BCUT2D eigenvalue weighted by Gasteiger charge is 2.25. The molecule has 0 spiro atoms. The molecule has 15 heavy (non-hydrogen) atoms. The molecule has 0 saturated carbocycles. The summed E-state index contributed by atoms with van der Waals surface area (Å²) in [5, 5.41) is 0. The van der Waals surface area contributed by atoms with Gasteiger partial charge in [0.15, 0.2) is 5.89 Å². The normalized spacial score (nSPS) is 24.6. The standard InChI is InChI=1S/C11H19N3O/c1-8(12)5-10-6-13-11(15-10)9-3-4-14(2)7-9/h6,8-9H,3-5,7,12H2,1-2H3. The van der Waals surface area contributed by atoms with Crippen LogP contribution in [0.1, 0.15) is 30.9 Å². The molecular formula is C11H19N3O. The molecule has 0 amide bonds. The van der Waals surface area contributed by atoms with E-state index >= 15 is 0 Å². The van der Waals surface area contributed by atoms with Gasteiger partial charge in [0.2, 0.25) is 0 Å². The third-order valence-electron chi connectivity index (χ3n) is 2.84. The molecule has 1 fully saturated rings. The van der Waals surface area contributed by atoms with Crippen molar-refractivity contribution in [2.45, 2.75) is 31.7 Å². The van der Waals surface area contributed by atoms with Gasteiger partial charge >= 0.3 is 0 Å². The molecule has 0 aliphatic carbocycles. The van der Waals surface area contributed by atoms with Crippen molar-refractivity contribution in [1.29, 1.82) is 0 Å². The third kappa shape index (κ3) is 2.58. The van der Waals surface area contributed by atoms with Crippen molar-refractivity contribution in [3.8, 4) is 0 Å². The second-order valence-corrected chi connectivity index (χ2v) is 4.59. The molecule has 1 saturated heterocycles. The van der Waals surface area contributed by atoms with Gasteiger partial charge in [-0.15, -0.1) is 0 Å². The average molecular weight is 209 g/mol. The number of likely N-dealkylation sites (tertiary alicyclic amines) is 1. The summed E-state index contributed by atoms with van der Waals surface area (Å²) in [6.07, 6.45) is 3.74. The van der Waals surface area contributed by atoms with E-state index in [4.69, 9.17) is 10.2 Å². The number of likely N-dealkylation sites (N-methyl/N-ethyl adjacent to an activating group) is 1. The van der Waals surface area contributed by atoms with Gasteiger partial charge in [0.05, 0.1) is 6.20 Å². The van der Waals surface area contributed by atoms with E-state index < -0.39 is 0 Å². The number of nitrogens with zero attached hydrogens (tertiary/aromatic N) is 2. The Kier molecular flexibility index (Phi) is 3.07. The molecule has 0 radical (unpaired) electrons. The predicted octanol–water partition coefficient (Wildman–Crippen LogP) is 0.983. The minimum atomic E-state index is 0.136. The smallest absolute Gasteiger partial charge is 0.198 e. The van der Waals surface area contributed by atoms with Gasteiger partial charge in [-0.3, -0.25) is 0 Å². The second kappa shape index (κ2) is 4.33. The summed E-state index contributed by atoms with van der Waals surface area (Å²) >= 11 is 0. The number of aromatic nitrogens is 1. The molecule has 0 bridgehead atoms. The number of rotatable bonds is 3. The molecule has 2 heterocycles. The maximum atomic E-state index is 5.71. The lowest BCUT2D eigenvalue weighted by Crippen LogP contribution is -2.17. The van der Waals surface area contributed by atoms with Crippen LogP contribution in [0.15, 0.2) is 10.6 Å². The van der Waals surface area contributed by atoms with Gasteiger partial charge in [-0.1, -0.05) is 0 Å². The summed E-state index contributed by atoms with van der Waals surface area (Å²) < 4.78 is 5.71. The Morgan fingerprint density at radius 2 is 2.53 bits per heavy atom. The number of oxazole rings is 1. The highest BCUT2D eigenvalue weighted by atomic mass is 16.4. The Bertz CT molecular complexity index is 321. The number of hydrogen-bond donors (Lipinski definition) is 1. The van der Waals surface area contributed by atoms with Crippen molar-refractivity contribution in [2.24, 2.45) is 5.73 Å². The van der Waals surface area contributed by atoms with E-state index in [0.717, 1.165) is 37.6 Å². The van der Waals surface area contributed by atoms with Crippen molar-refractivity contribution in [2.75, 3.05) is 20.1 Å². The Morgan fingerprint density at radius 3 is 3.13 bits per heavy atom. The molecular weight excluding hydrogens is 190 g/mol. The van der Waals surface area contributed by atoms with Gasteiger partial charge in [-0.25, -0.2) is 4.98 Å². The molecule has 1 aliphatic heterocycles. The van der Waals surface area contributed by atoms with Crippen LogP contribution in [0.4, 0.5) is 0 Å².